The lowest BCUT2D eigenvalue weighted by molar-refractivity contribution is 1.48. The molecule has 0 aromatic carbocycles. The third-order valence-electron chi connectivity index (χ3n) is 2.98. The highest BCUT2D eigenvalue weighted by atomic mass is 32.2. The van der Waals surface area contributed by atoms with E-state index in [1.165, 1.54) is 51.1 Å². The molecule has 8 heteroatoms. The zero-order valence-electron chi connectivity index (χ0n) is 12.6. The molecule has 0 spiro atoms. The Morgan fingerprint density at radius 3 is 2.27 bits per heavy atom. The average molecular weight is 445 g/mol. The highest BCUT2D eigenvalue weighted by molar-refractivity contribution is 8.28. The first-order valence-corrected chi connectivity index (χ1v) is 13.7. The normalized spacial score (nSPS) is 21.3. The van der Waals surface area contributed by atoms with Gasteiger partial charge in [-0.3, -0.25) is 0 Å². The van der Waals surface area contributed by atoms with Gasteiger partial charge in [-0.15, -0.1) is 71.4 Å². The fourth-order valence-corrected chi connectivity index (χ4v) is 9.89. The van der Waals surface area contributed by atoms with Crippen molar-refractivity contribution in [2.45, 2.75) is 13.8 Å². The highest BCUT2D eigenvalue weighted by Gasteiger charge is 2.15. The Labute approximate surface area is 170 Å². The third-order valence-corrected chi connectivity index (χ3v) is 12.5. The fraction of sp³-hybridized carbons (Fsp3) is 0.571. The van der Waals surface area contributed by atoms with E-state index < -0.39 is 0 Å². The maximum atomic E-state index is 4.61. The molecule has 0 amide bonds. The second-order valence-corrected chi connectivity index (χ2v) is 12.8. The second-order valence-electron chi connectivity index (χ2n) is 4.49. The molecule has 124 valence electrons. The molecule has 0 saturated heterocycles. The second kappa shape index (κ2) is 10.9. The Balaban J connectivity index is 1.95. The minimum absolute atomic E-state index is 0.883. The molecule has 0 unspecified atom stereocenters. The molecule has 2 heterocycles. The van der Waals surface area contributed by atoms with E-state index in [1.807, 2.05) is 70.6 Å². The van der Waals surface area contributed by atoms with Crippen molar-refractivity contribution in [3.63, 3.8) is 0 Å². The summed E-state index contributed by atoms with van der Waals surface area (Å²) < 4.78 is 2.56. The lowest BCUT2D eigenvalue weighted by Gasteiger charge is -2.19. The van der Waals surface area contributed by atoms with E-state index in [9.17, 15) is 0 Å². The molecule has 0 saturated carbocycles. The van der Waals surface area contributed by atoms with Crippen molar-refractivity contribution in [3.05, 3.63) is 28.1 Å². The van der Waals surface area contributed by atoms with Gasteiger partial charge in [0.05, 0.1) is 8.47 Å². The van der Waals surface area contributed by atoms with E-state index in [4.69, 9.17) is 0 Å². The zero-order chi connectivity index (χ0) is 15.9. The molecule has 0 radical (unpaired) electrons. The monoisotopic (exact) mass is 444 g/mol. The van der Waals surface area contributed by atoms with Gasteiger partial charge in [0, 0.05) is 44.3 Å². The lowest BCUT2D eigenvalue weighted by Crippen LogP contribution is -2.01. The first-order chi connectivity index (χ1) is 10.6. The predicted octanol–water partition coefficient (Wildman–Crippen LogP) is 6.86. The van der Waals surface area contributed by atoms with Gasteiger partial charge in [0.1, 0.15) is 0 Å². The van der Waals surface area contributed by atoms with E-state index in [-0.39, 0.29) is 0 Å². The molecule has 0 aliphatic carbocycles. The predicted molar refractivity (Wildman–Crippen MR) is 125 cm³/mol. The Bertz CT molecular complexity index is 491. The topological polar surface area (TPSA) is 0 Å². The molecular weight excluding hydrogens is 425 g/mol. The summed E-state index contributed by atoms with van der Waals surface area (Å²) in [6.07, 6.45) is 0. The Morgan fingerprint density at radius 2 is 1.59 bits per heavy atom. The SMILES string of the molecule is C/C(SCC1=C(CS)SCCS1)=C(\C)SC1=C(S)SCCS1. The fourth-order valence-electron chi connectivity index (χ4n) is 1.70. The van der Waals surface area contributed by atoms with Crippen molar-refractivity contribution in [2.24, 2.45) is 0 Å². The zero-order valence-corrected chi connectivity index (χ0v) is 19.3. The number of thiol groups is 2. The number of allylic oxidation sites excluding steroid dienone is 2. The average Bonchev–Trinajstić information content (AvgIpc) is 2.54. The smallest absolute Gasteiger partial charge is 0.0645 e. The van der Waals surface area contributed by atoms with Crippen LogP contribution in [0.3, 0.4) is 0 Å². The Morgan fingerprint density at radius 1 is 0.955 bits per heavy atom. The van der Waals surface area contributed by atoms with E-state index >= 15 is 0 Å². The standard InChI is InChI=1S/C14H20S8/c1-9(10(2)22-14-13(16)19-5-6-20-14)21-8-12-11(7-15)17-3-4-18-12/h15-16H,3-8H2,1-2H3/b10-9-. The summed E-state index contributed by atoms with van der Waals surface area (Å²) in [7, 11) is 0. The minimum Gasteiger partial charge on any atom is -0.174 e. The number of hydrogen-bond donors (Lipinski definition) is 2. The summed E-state index contributed by atoms with van der Waals surface area (Å²) in [6, 6.07) is 0. The van der Waals surface area contributed by atoms with Gasteiger partial charge in [-0.2, -0.15) is 12.6 Å². The van der Waals surface area contributed by atoms with Crippen molar-refractivity contribution in [1.82, 2.24) is 0 Å². The Hall–Kier alpha value is 2.02. The van der Waals surface area contributed by atoms with Crippen molar-refractivity contribution >= 4 is 95.8 Å². The van der Waals surface area contributed by atoms with Crippen LogP contribution in [-0.2, 0) is 0 Å². The van der Waals surface area contributed by atoms with E-state index in [0.29, 0.717) is 0 Å². The molecule has 0 aromatic rings. The minimum atomic E-state index is 0.883. The molecule has 0 fully saturated rings. The molecular formula is C14H20S8. The molecule has 0 N–H and O–H groups in total. The van der Waals surface area contributed by atoms with Crippen molar-refractivity contribution in [3.8, 4) is 0 Å². The summed E-state index contributed by atoms with van der Waals surface area (Å²) >= 11 is 20.7. The van der Waals surface area contributed by atoms with E-state index in [2.05, 4.69) is 39.1 Å². The van der Waals surface area contributed by atoms with Crippen molar-refractivity contribution < 1.29 is 0 Å². The van der Waals surface area contributed by atoms with Crippen LogP contribution in [0.15, 0.2) is 28.1 Å². The molecule has 2 rings (SSSR count). The summed E-state index contributed by atoms with van der Waals surface area (Å²) in [4.78, 5) is 5.84. The third kappa shape index (κ3) is 6.39. The number of hydrogen-bond acceptors (Lipinski definition) is 8. The maximum absolute atomic E-state index is 4.61. The number of thioether (sulfide) groups is 6. The molecule has 0 aromatic heterocycles. The van der Waals surface area contributed by atoms with Crippen molar-refractivity contribution in [1.29, 1.82) is 0 Å². The molecule has 0 nitrogen and oxygen atoms in total. The van der Waals surface area contributed by atoms with Crippen LogP contribution in [-0.4, -0.2) is 34.5 Å². The van der Waals surface area contributed by atoms with Gasteiger partial charge in [0.15, 0.2) is 0 Å². The van der Waals surface area contributed by atoms with Crippen LogP contribution >= 0.6 is 95.8 Å². The van der Waals surface area contributed by atoms with Crippen molar-refractivity contribution in [2.75, 3.05) is 34.5 Å². The lowest BCUT2D eigenvalue weighted by atomic mass is 10.5. The van der Waals surface area contributed by atoms with Crippen LogP contribution in [0.4, 0.5) is 0 Å². The quantitative estimate of drug-likeness (QED) is 0.426. The van der Waals surface area contributed by atoms with Crippen LogP contribution in [0.2, 0.25) is 0 Å². The largest absolute Gasteiger partial charge is 0.174 e. The molecule has 2 aliphatic heterocycles. The van der Waals surface area contributed by atoms with Gasteiger partial charge in [-0.25, -0.2) is 0 Å². The maximum Gasteiger partial charge on any atom is 0.0645 e. The molecule has 0 bridgehead atoms. The van der Waals surface area contributed by atoms with Crippen LogP contribution < -0.4 is 0 Å². The molecule has 0 atom stereocenters. The van der Waals surface area contributed by atoms with Gasteiger partial charge in [-0.1, -0.05) is 11.8 Å². The highest BCUT2D eigenvalue weighted by Crippen LogP contribution is 2.47. The van der Waals surface area contributed by atoms with Crippen LogP contribution in [0.1, 0.15) is 13.8 Å². The van der Waals surface area contributed by atoms with Crippen LogP contribution in [0, 0.1) is 0 Å². The van der Waals surface area contributed by atoms with Crippen LogP contribution in [0.5, 0.6) is 0 Å². The first-order valence-electron chi connectivity index (χ1n) is 6.87. The van der Waals surface area contributed by atoms with Crippen LogP contribution in [0.25, 0.3) is 0 Å². The summed E-state index contributed by atoms with van der Waals surface area (Å²) in [5, 5.41) is 0. The van der Waals surface area contributed by atoms with Gasteiger partial charge in [-0.05, 0) is 23.7 Å². The number of rotatable bonds is 6. The van der Waals surface area contributed by atoms with E-state index in [1.54, 1.807) is 0 Å². The summed E-state index contributed by atoms with van der Waals surface area (Å²) in [6.45, 7) is 4.48. The molecule has 22 heavy (non-hydrogen) atoms. The summed E-state index contributed by atoms with van der Waals surface area (Å²) in [5.41, 5.74) is 0. The first kappa shape index (κ1) is 20.3. The van der Waals surface area contributed by atoms with E-state index in [0.717, 1.165) is 11.5 Å². The van der Waals surface area contributed by atoms with Gasteiger partial charge in [0.25, 0.3) is 0 Å². The molecule has 2 aliphatic rings. The summed E-state index contributed by atoms with van der Waals surface area (Å²) in [5.74, 6) is 6.81. The van der Waals surface area contributed by atoms with Gasteiger partial charge in [0.2, 0.25) is 0 Å². The van der Waals surface area contributed by atoms with Gasteiger partial charge >= 0.3 is 0 Å². The Kier molecular flexibility index (Phi) is 10.1. The van der Waals surface area contributed by atoms with Gasteiger partial charge < -0.3 is 0 Å².